The molecule has 0 aliphatic carbocycles. The normalized spacial score (nSPS) is 19.9. The van der Waals surface area contributed by atoms with Crippen LogP contribution in [0.15, 0.2) is 6.07 Å². The number of hydrogen-bond donors (Lipinski definition) is 1. The molecule has 23 heavy (non-hydrogen) atoms. The second kappa shape index (κ2) is 6.52. The van der Waals surface area contributed by atoms with Gasteiger partial charge >= 0.3 is 6.18 Å². The van der Waals surface area contributed by atoms with Crippen molar-refractivity contribution < 1.29 is 22.7 Å². The van der Waals surface area contributed by atoms with E-state index in [2.05, 4.69) is 0 Å². The molecule has 1 amide bonds. The fraction of sp³-hybridized carbons (Fsp3) is 0.667. The van der Waals surface area contributed by atoms with E-state index in [1.807, 2.05) is 11.5 Å². The minimum absolute atomic E-state index is 0.120. The molecule has 0 saturated carbocycles. The number of halogens is 3. The molecule has 2 N–H and O–H groups in total. The number of carbonyl (C=O) groups excluding carboxylic acids is 1. The van der Waals surface area contributed by atoms with Crippen LogP contribution in [0.5, 0.6) is 0 Å². The Balaban J connectivity index is 2.31. The number of nitrogens with zero attached hydrogens (tertiary/aromatic N) is 2. The first-order valence-electron chi connectivity index (χ1n) is 7.48. The van der Waals surface area contributed by atoms with Crippen molar-refractivity contribution in [3.8, 4) is 0 Å². The van der Waals surface area contributed by atoms with Crippen LogP contribution in [0.2, 0.25) is 0 Å². The number of hydrogen-bond acceptors (Lipinski definition) is 3. The zero-order valence-corrected chi connectivity index (χ0v) is 13.5. The maximum Gasteiger partial charge on any atom is 0.410 e. The molecule has 2 atom stereocenters. The van der Waals surface area contributed by atoms with Gasteiger partial charge in [-0.2, -0.15) is 13.2 Å². The van der Waals surface area contributed by atoms with Gasteiger partial charge in [-0.3, -0.25) is 4.79 Å². The monoisotopic (exact) mass is 333 g/mol. The van der Waals surface area contributed by atoms with E-state index in [1.165, 1.54) is 0 Å². The highest BCUT2D eigenvalue weighted by Gasteiger charge is 2.43. The summed E-state index contributed by atoms with van der Waals surface area (Å²) in [6, 6.07) is -0.237. The predicted octanol–water partition coefficient (Wildman–Crippen LogP) is 2.03. The van der Waals surface area contributed by atoms with Gasteiger partial charge in [0.1, 0.15) is 6.04 Å². The molecule has 1 fully saturated rings. The SMILES string of the molecule is Cc1cc(C(=O)N(C)C(CN)C(F)(F)F)c(C)n1C1CCOC1. The Bertz CT molecular complexity index is 577. The van der Waals surface area contributed by atoms with Crippen molar-refractivity contribution in [1.29, 1.82) is 0 Å². The number of aryl methyl sites for hydroxylation is 1. The summed E-state index contributed by atoms with van der Waals surface area (Å²) in [6.07, 6.45) is -3.72. The van der Waals surface area contributed by atoms with Crippen LogP contribution in [0.4, 0.5) is 13.2 Å². The van der Waals surface area contributed by atoms with Crippen molar-refractivity contribution in [3.05, 3.63) is 23.0 Å². The third-order valence-corrected chi connectivity index (χ3v) is 4.37. The summed E-state index contributed by atoms with van der Waals surface area (Å²) in [5.41, 5.74) is 6.99. The molecule has 0 bridgehead atoms. The molecule has 5 nitrogen and oxygen atoms in total. The second-order valence-corrected chi connectivity index (χ2v) is 5.88. The van der Waals surface area contributed by atoms with Gasteiger partial charge in [-0.15, -0.1) is 0 Å². The van der Waals surface area contributed by atoms with Gasteiger partial charge in [-0.1, -0.05) is 0 Å². The number of amides is 1. The van der Waals surface area contributed by atoms with Gasteiger partial charge in [0.05, 0.1) is 18.2 Å². The number of aromatic nitrogens is 1. The molecule has 0 radical (unpaired) electrons. The smallest absolute Gasteiger partial charge is 0.379 e. The Morgan fingerprint density at radius 3 is 2.65 bits per heavy atom. The lowest BCUT2D eigenvalue weighted by Crippen LogP contribution is -2.50. The topological polar surface area (TPSA) is 60.5 Å². The number of ether oxygens (including phenoxy) is 1. The third kappa shape index (κ3) is 3.37. The summed E-state index contributed by atoms with van der Waals surface area (Å²) in [4.78, 5) is 13.2. The number of rotatable bonds is 4. The number of alkyl halides is 3. The largest absolute Gasteiger partial charge is 0.410 e. The molecule has 2 unspecified atom stereocenters. The highest BCUT2D eigenvalue weighted by atomic mass is 19.4. The summed E-state index contributed by atoms with van der Waals surface area (Å²) in [5.74, 6) is -0.670. The highest BCUT2D eigenvalue weighted by Crippen LogP contribution is 2.29. The van der Waals surface area contributed by atoms with Crippen LogP contribution in [0.25, 0.3) is 0 Å². The minimum Gasteiger partial charge on any atom is -0.379 e. The van der Waals surface area contributed by atoms with Gasteiger partial charge < -0.3 is 19.9 Å². The average molecular weight is 333 g/mol. The van der Waals surface area contributed by atoms with Crippen LogP contribution in [-0.2, 0) is 4.74 Å². The zero-order valence-electron chi connectivity index (χ0n) is 13.5. The van der Waals surface area contributed by atoms with E-state index < -0.39 is 24.7 Å². The quantitative estimate of drug-likeness (QED) is 0.917. The van der Waals surface area contributed by atoms with Crippen molar-refractivity contribution in [2.45, 2.75) is 38.5 Å². The average Bonchev–Trinajstić information content (AvgIpc) is 3.05. The van der Waals surface area contributed by atoms with E-state index in [0.717, 1.165) is 19.2 Å². The Hall–Kier alpha value is -1.54. The molecule has 1 aliphatic rings. The number of likely N-dealkylation sites (N-methyl/N-ethyl adjacent to an activating group) is 1. The molecule has 0 spiro atoms. The van der Waals surface area contributed by atoms with Gasteiger partial charge in [-0.25, -0.2) is 0 Å². The van der Waals surface area contributed by atoms with Crippen LogP contribution < -0.4 is 5.73 Å². The lowest BCUT2D eigenvalue weighted by atomic mass is 10.1. The second-order valence-electron chi connectivity index (χ2n) is 5.88. The van der Waals surface area contributed by atoms with Crippen LogP contribution in [0.3, 0.4) is 0 Å². The summed E-state index contributed by atoms with van der Waals surface area (Å²) >= 11 is 0. The molecule has 2 heterocycles. The fourth-order valence-corrected chi connectivity index (χ4v) is 3.12. The van der Waals surface area contributed by atoms with Crippen LogP contribution >= 0.6 is 0 Å². The standard InChI is InChI=1S/C15H22F3N3O2/c1-9-6-12(10(2)21(9)11-4-5-23-8-11)14(22)20(3)13(7-19)15(16,17)18/h6,11,13H,4-5,7-8,19H2,1-3H3. The van der Waals surface area contributed by atoms with E-state index in [4.69, 9.17) is 10.5 Å². The number of nitrogens with two attached hydrogens (primary N) is 1. The van der Waals surface area contributed by atoms with E-state index in [9.17, 15) is 18.0 Å². The molecule has 1 aromatic rings. The predicted molar refractivity (Wildman–Crippen MR) is 79.4 cm³/mol. The van der Waals surface area contributed by atoms with Crippen molar-refractivity contribution in [2.24, 2.45) is 5.73 Å². The molecule has 1 aromatic heterocycles. The fourth-order valence-electron chi connectivity index (χ4n) is 3.12. The highest BCUT2D eigenvalue weighted by molar-refractivity contribution is 5.95. The van der Waals surface area contributed by atoms with Crippen molar-refractivity contribution in [2.75, 3.05) is 26.8 Å². The van der Waals surface area contributed by atoms with Gasteiger partial charge in [0.25, 0.3) is 5.91 Å². The first kappa shape index (κ1) is 17.8. The third-order valence-electron chi connectivity index (χ3n) is 4.37. The van der Waals surface area contributed by atoms with E-state index >= 15 is 0 Å². The number of carbonyl (C=O) groups is 1. The lowest BCUT2D eigenvalue weighted by molar-refractivity contribution is -0.171. The Labute approximate surface area is 133 Å². The van der Waals surface area contributed by atoms with Crippen LogP contribution in [-0.4, -0.2) is 54.4 Å². The minimum atomic E-state index is -4.55. The zero-order chi connectivity index (χ0) is 17.4. The van der Waals surface area contributed by atoms with Crippen LogP contribution in [0.1, 0.15) is 34.2 Å². The molecule has 130 valence electrons. The molecule has 8 heteroatoms. The first-order valence-corrected chi connectivity index (χ1v) is 7.48. The van der Waals surface area contributed by atoms with E-state index in [-0.39, 0.29) is 11.6 Å². The Kier molecular flexibility index (Phi) is 5.05. The molecule has 1 saturated heterocycles. The van der Waals surface area contributed by atoms with Crippen molar-refractivity contribution in [3.63, 3.8) is 0 Å². The van der Waals surface area contributed by atoms with Gasteiger partial charge in [0.15, 0.2) is 0 Å². The van der Waals surface area contributed by atoms with Gasteiger partial charge in [0.2, 0.25) is 0 Å². The molecule has 1 aliphatic heterocycles. The van der Waals surface area contributed by atoms with Crippen molar-refractivity contribution >= 4 is 5.91 Å². The summed E-state index contributed by atoms with van der Waals surface area (Å²) < 4.78 is 46.3. The first-order chi connectivity index (χ1) is 10.7. The van der Waals surface area contributed by atoms with Gasteiger partial charge in [-0.05, 0) is 26.3 Å². The Morgan fingerprint density at radius 2 is 2.17 bits per heavy atom. The van der Waals surface area contributed by atoms with Gasteiger partial charge in [0, 0.05) is 31.6 Å². The maximum absolute atomic E-state index is 13.0. The van der Waals surface area contributed by atoms with E-state index in [1.54, 1.807) is 13.0 Å². The Morgan fingerprint density at radius 1 is 1.52 bits per heavy atom. The molecular weight excluding hydrogens is 311 g/mol. The molecule has 0 aromatic carbocycles. The van der Waals surface area contributed by atoms with E-state index in [0.29, 0.717) is 23.8 Å². The molecule has 2 rings (SSSR count). The summed E-state index contributed by atoms with van der Waals surface area (Å²) in [5, 5.41) is 0. The van der Waals surface area contributed by atoms with Crippen LogP contribution in [0, 0.1) is 13.8 Å². The lowest BCUT2D eigenvalue weighted by Gasteiger charge is -2.29. The maximum atomic E-state index is 13.0. The summed E-state index contributed by atoms with van der Waals surface area (Å²) in [6.45, 7) is 4.12. The van der Waals surface area contributed by atoms with Crippen molar-refractivity contribution in [1.82, 2.24) is 9.47 Å². The molecular formula is C15H22F3N3O2. The summed E-state index contributed by atoms with van der Waals surface area (Å²) in [7, 11) is 1.14.